The number of rotatable bonds is 3. The van der Waals surface area contributed by atoms with Crippen molar-refractivity contribution in [2.45, 2.75) is 13.8 Å². The third-order valence-electron chi connectivity index (χ3n) is 4.73. The number of aromatic nitrogens is 1. The van der Waals surface area contributed by atoms with Crippen LogP contribution >= 0.6 is 0 Å². The molecule has 0 spiro atoms. The van der Waals surface area contributed by atoms with E-state index in [1.807, 2.05) is 12.3 Å². The molecule has 0 saturated carbocycles. The van der Waals surface area contributed by atoms with Gasteiger partial charge in [0.05, 0.1) is 5.52 Å². The molecule has 0 atom stereocenters. The molecule has 0 amide bonds. The van der Waals surface area contributed by atoms with E-state index in [1.54, 1.807) is 0 Å². The summed E-state index contributed by atoms with van der Waals surface area (Å²) in [6, 6.07) is 18.9. The van der Waals surface area contributed by atoms with Gasteiger partial charge >= 0.3 is 0 Å². The summed E-state index contributed by atoms with van der Waals surface area (Å²) in [6.45, 7) is 5.29. The van der Waals surface area contributed by atoms with Crippen LogP contribution in [0.1, 0.15) is 25.0 Å². The maximum atomic E-state index is 4.45. The maximum Gasteiger partial charge on any atom is 0.0707 e. The fraction of sp³-hybridized carbons (Fsp3) is 0.125. The molecule has 1 aromatic heterocycles. The Morgan fingerprint density at radius 2 is 1.81 bits per heavy atom. The van der Waals surface area contributed by atoms with Gasteiger partial charge in [0.25, 0.3) is 0 Å². The Morgan fingerprint density at radius 3 is 2.69 bits per heavy atom. The van der Waals surface area contributed by atoms with Gasteiger partial charge in [-0.3, -0.25) is 4.98 Å². The van der Waals surface area contributed by atoms with Gasteiger partial charge in [-0.1, -0.05) is 48.6 Å². The van der Waals surface area contributed by atoms with Gasteiger partial charge in [-0.15, -0.1) is 0 Å². The molecule has 0 saturated heterocycles. The Labute approximate surface area is 154 Å². The van der Waals surface area contributed by atoms with Crippen LogP contribution in [0.5, 0.6) is 0 Å². The Morgan fingerprint density at radius 1 is 1.00 bits per heavy atom. The summed E-state index contributed by atoms with van der Waals surface area (Å²) in [5.74, 6) is 0. The van der Waals surface area contributed by atoms with Crippen LogP contribution < -0.4 is 4.90 Å². The lowest BCUT2D eigenvalue weighted by Gasteiger charge is -2.29. The quantitative estimate of drug-likeness (QED) is 0.576. The SMILES string of the molecule is CCN1/C(=C/C(C)=C/c2ccnc3ccccc23)C=Cc2ccccc21. The molecule has 0 aliphatic carbocycles. The number of para-hydroxylation sites is 2. The standard InChI is InChI=1S/C24H22N2/c1-3-26-21(13-12-19-8-4-7-11-24(19)26)17-18(2)16-20-14-15-25-23-10-6-5-9-22(20)23/h4-17H,3H2,1-2H3/b18-16+,21-17+. The summed E-state index contributed by atoms with van der Waals surface area (Å²) in [7, 11) is 0. The van der Waals surface area contributed by atoms with Crippen molar-refractivity contribution in [2.24, 2.45) is 0 Å². The number of fused-ring (bicyclic) bond motifs is 2. The number of hydrogen-bond acceptors (Lipinski definition) is 2. The van der Waals surface area contributed by atoms with Crippen molar-refractivity contribution >= 4 is 28.7 Å². The number of likely N-dealkylation sites (N-methyl/N-ethyl adjacent to an activating group) is 1. The van der Waals surface area contributed by atoms with E-state index >= 15 is 0 Å². The molecule has 2 nitrogen and oxygen atoms in total. The van der Waals surface area contributed by atoms with E-state index in [1.165, 1.54) is 33.5 Å². The third-order valence-corrected chi connectivity index (χ3v) is 4.73. The first kappa shape index (κ1) is 16.3. The minimum absolute atomic E-state index is 0.943. The molecule has 0 radical (unpaired) electrons. The van der Waals surface area contributed by atoms with E-state index in [0.29, 0.717) is 0 Å². The Balaban J connectivity index is 1.73. The number of pyridine rings is 1. The van der Waals surface area contributed by atoms with Crippen molar-refractivity contribution in [1.82, 2.24) is 4.98 Å². The summed E-state index contributed by atoms with van der Waals surface area (Å²) in [6.07, 6.45) is 10.8. The summed E-state index contributed by atoms with van der Waals surface area (Å²) in [5, 5.41) is 1.18. The van der Waals surface area contributed by atoms with Crippen LogP contribution in [0.3, 0.4) is 0 Å². The fourth-order valence-corrected chi connectivity index (χ4v) is 3.52. The van der Waals surface area contributed by atoms with Gasteiger partial charge in [-0.05, 0) is 60.9 Å². The van der Waals surface area contributed by atoms with E-state index in [0.717, 1.165) is 12.1 Å². The number of nitrogens with zero attached hydrogens (tertiary/aromatic N) is 2. The number of anilines is 1. The van der Waals surface area contributed by atoms with Crippen LogP contribution in [0.25, 0.3) is 23.1 Å². The average Bonchev–Trinajstić information content (AvgIpc) is 2.68. The fourth-order valence-electron chi connectivity index (χ4n) is 3.52. The van der Waals surface area contributed by atoms with Crippen LogP contribution in [-0.2, 0) is 0 Å². The van der Waals surface area contributed by atoms with E-state index in [9.17, 15) is 0 Å². The van der Waals surface area contributed by atoms with Gasteiger partial charge in [-0.2, -0.15) is 0 Å². The van der Waals surface area contributed by atoms with Crippen LogP contribution in [-0.4, -0.2) is 11.5 Å². The van der Waals surface area contributed by atoms with Gasteiger partial charge in [0.2, 0.25) is 0 Å². The molecule has 1 aliphatic rings. The highest BCUT2D eigenvalue weighted by Gasteiger charge is 2.15. The molecule has 2 heterocycles. The van der Waals surface area contributed by atoms with Crippen LogP contribution in [0.15, 0.2) is 84.2 Å². The molecule has 0 unspecified atom stereocenters. The first-order chi connectivity index (χ1) is 12.8. The predicted molar refractivity (Wildman–Crippen MR) is 112 cm³/mol. The Hall–Kier alpha value is -3.13. The normalized spacial score (nSPS) is 15.5. The molecule has 2 aromatic carbocycles. The molecule has 1 aliphatic heterocycles. The molecular formula is C24H22N2. The maximum absolute atomic E-state index is 4.45. The van der Waals surface area contributed by atoms with Gasteiger partial charge < -0.3 is 4.90 Å². The second-order valence-corrected chi connectivity index (χ2v) is 6.51. The smallest absolute Gasteiger partial charge is 0.0707 e. The molecule has 3 aromatic rings. The zero-order valence-corrected chi connectivity index (χ0v) is 15.2. The minimum atomic E-state index is 0.943. The van der Waals surface area contributed by atoms with E-state index in [4.69, 9.17) is 0 Å². The lowest BCUT2D eigenvalue weighted by atomic mass is 10.0. The van der Waals surface area contributed by atoms with Gasteiger partial charge in [0, 0.05) is 29.5 Å². The topological polar surface area (TPSA) is 16.1 Å². The Kier molecular flexibility index (Phi) is 4.40. The third kappa shape index (κ3) is 3.06. The molecule has 2 heteroatoms. The zero-order valence-electron chi connectivity index (χ0n) is 15.2. The zero-order chi connectivity index (χ0) is 17.9. The monoisotopic (exact) mass is 338 g/mol. The van der Waals surface area contributed by atoms with Crippen molar-refractivity contribution in [3.8, 4) is 0 Å². The second kappa shape index (κ2) is 7.01. The highest BCUT2D eigenvalue weighted by Crippen LogP contribution is 2.31. The number of allylic oxidation sites excluding steroid dienone is 3. The van der Waals surface area contributed by atoms with Crippen LogP contribution in [0.4, 0.5) is 5.69 Å². The average molecular weight is 338 g/mol. The molecule has 0 N–H and O–H groups in total. The van der Waals surface area contributed by atoms with Crippen molar-refractivity contribution in [1.29, 1.82) is 0 Å². The molecular weight excluding hydrogens is 316 g/mol. The highest BCUT2D eigenvalue weighted by atomic mass is 15.1. The molecule has 128 valence electrons. The number of hydrogen-bond donors (Lipinski definition) is 0. The van der Waals surface area contributed by atoms with Gasteiger partial charge in [0.15, 0.2) is 0 Å². The number of benzene rings is 2. The molecule has 0 fully saturated rings. The van der Waals surface area contributed by atoms with Crippen LogP contribution in [0, 0.1) is 0 Å². The highest BCUT2D eigenvalue weighted by molar-refractivity contribution is 5.88. The van der Waals surface area contributed by atoms with Crippen molar-refractivity contribution in [3.63, 3.8) is 0 Å². The largest absolute Gasteiger partial charge is 0.341 e. The van der Waals surface area contributed by atoms with E-state index in [2.05, 4.69) is 96.6 Å². The predicted octanol–water partition coefficient (Wildman–Crippen LogP) is 6.08. The van der Waals surface area contributed by atoms with Crippen LogP contribution in [0.2, 0.25) is 0 Å². The van der Waals surface area contributed by atoms with Crippen molar-refractivity contribution in [3.05, 3.63) is 95.3 Å². The Bertz CT molecular complexity index is 1040. The van der Waals surface area contributed by atoms with Crippen molar-refractivity contribution in [2.75, 3.05) is 11.4 Å². The first-order valence-electron chi connectivity index (χ1n) is 9.04. The molecule has 4 rings (SSSR count). The summed E-state index contributed by atoms with van der Waals surface area (Å²) < 4.78 is 0. The molecule has 26 heavy (non-hydrogen) atoms. The van der Waals surface area contributed by atoms with Gasteiger partial charge in [-0.25, -0.2) is 0 Å². The van der Waals surface area contributed by atoms with E-state index < -0.39 is 0 Å². The van der Waals surface area contributed by atoms with Crippen molar-refractivity contribution < 1.29 is 0 Å². The summed E-state index contributed by atoms with van der Waals surface area (Å²) in [4.78, 5) is 6.81. The lowest BCUT2D eigenvalue weighted by Crippen LogP contribution is -2.23. The molecule has 0 bridgehead atoms. The lowest BCUT2D eigenvalue weighted by molar-refractivity contribution is 0.969. The summed E-state index contributed by atoms with van der Waals surface area (Å²) >= 11 is 0. The van der Waals surface area contributed by atoms with E-state index in [-0.39, 0.29) is 0 Å². The second-order valence-electron chi connectivity index (χ2n) is 6.51. The summed E-state index contributed by atoms with van der Waals surface area (Å²) in [5.41, 5.74) is 7.22. The minimum Gasteiger partial charge on any atom is -0.341 e. The first-order valence-corrected chi connectivity index (χ1v) is 9.04. The van der Waals surface area contributed by atoms with Gasteiger partial charge in [0.1, 0.15) is 0 Å².